The number of thioether (sulfide) groups is 1. The molecule has 0 spiro atoms. The van der Waals surface area contributed by atoms with Crippen LogP contribution in [-0.2, 0) is 9.53 Å². The average Bonchev–Trinajstić information content (AvgIpc) is 2.95. The van der Waals surface area contributed by atoms with Crippen LogP contribution in [0, 0.1) is 0 Å². The third-order valence-electron chi connectivity index (χ3n) is 6.38. The summed E-state index contributed by atoms with van der Waals surface area (Å²) in [6, 6.07) is 6.30. The standard InChI is InChI=1S/C34H48O4S/c1-4-7-8-9-10-11-12-13-14-15-16-17-18-19-20-23-29-39-34(5-2,6-3)32(36)27-24-28-38-33(37)30-25-21-22-26-31(30)35/h7-8,10-11,13-14,16-17,19-22,25-26,35H,4-6,9,12,15,18,23-24,27-29H2,1-3H3/b8-7-,11-10-,14-13-,17-16-,20-19-. The molecule has 0 radical (unpaired) electrons. The van der Waals surface area contributed by atoms with Crippen molar-refractivity contribution in [3.8, 4) is 5.75 Å². The SMILES string of the molecule is CC/C=C\C/C=C\C/C=C\C/C=C\C/C=C\CCSC(CC)(CC)C(=O)CCCOC(=O)c1ccccc1O. The smallest absolute Gasteiger partial charge is 0.341 e. The van der Waals surface area contributed by atoms with Gasteiger partial charge >= 0.3 is 5.97 Å². The molecule has 1 aromatic rings. The van der Waals surface area contributed by atoms with Gasteiger partial charge in [-0.3, -0.25) is 4.79 Å². The van der Waals surface area contributed by atoms with Crippen molar-refractivity contribution >= 4 is 23.5 Å². The van der Waals surface area contributed by atoms with Gasteiger partial charge in [0, 0.05) is 6.42 Å². The Morgan fingerprint density at radius 1 is 0.821 bits per heavy atom. The average molecular weight is 553 g/mol. The van der Waals surface area contributed by atoms with Gasteiger partial charge in [-0.2, -0.15) is 0 Å². The number of benzene rings is 1. The molecule has 0 fully saturated rings. The van der Waals surface area contributed by atoms with Gasteiger partial charge in [0.25, 0.3) is 0 Å². The molecule has 0 unspecified atom stereocenters. The Morgan fingerprint density at radius 3 is 1.90 bits per heavy atom. The van der Waals surface area contributed by atoms with Crippen molar-refractivity contribution in [1.29, 1.82) is 0 Å². The fraction of sp³-hybridized carbons (Fsp3) is 0.471. The van der Waals surface area contributed by atoms with E-state index in [1.165, 1.54) is 12.1 Å². The minimum absolute atomic E-state index is 0.0986. The fourth-order valence-electron chi connectivity index (χ4n) is 3.97. The first kappa shape index (κ1) is 34.2. The Kier molecular flexibility index (Phi) is 19.4. The first-order valence-electron chi connectivity index (χ1n) is 14.4. The zero-order valence-corrected chi connectivity index (χ0v) is 25.0. The summed E-state index contributed by atoms with van der Waals surface area (Å²) in [5.74, 6) is 0.461. The molecular weight excluding hydrogens is 504 g/mol. The van der Waals surface area contributed by atoms with E-state index in [2.05, 4.69) is 81.5 Å². The van der Waals surface area contributed by atoms with Crippen LogP contribution in [0.3, 0.4) is 0 Å². The molecule has 39 heavy (non-hydrogen) atoms. The minimum Gasteiger partial charge on any atom is -0.507 e. The van der Waals surface area contributed by atoms with Gasteiger partial charge in [0.2, 0.25) is 0 Å². The number of ketones is 1. The number of phenolic OH excluding ortho intramolecular Hbond substituents is 1. The van der Waals surface area contributed by atoms with Gasteiger partial charge in [0.1, 0.15) is 17.1 Å². The van der Waals surface area contributed by atoms with Crippen LogP contribution < -0.4 is 0 Å². The van der Waals surface area contributed by atoms with Gasteiger partial charge in [-0.15, -0.1) is 11.8 Å². The second-order valence-corrected chi connectivity index (χ2v) is 10.7. The molecule has 1 N–H and O–H groups in total. The van der Waals surface area contributed by atoms with Crippen LogP contribution in [0.4, 0.5) is 0 Å². The largest absolute Gasteiger partial charge is 0.507 e. The van der Waals surface area contributed by atoms with Crippen molar-refractivity contribution in [3.63, 3.8) is 0 Å². The molecule has 5 heteroatoms. The molecule has 0 saturated heterocycles. The molecule has 0 saturated carbocycles. The normalized spacial score (nSPS) is 12.6. The monoisotopic (exact) mass is 552 g/mol. The summed E-state index contributed by atoms with van der Waals surface area (Å²) < 4.78 is 4.87. The number of ether oxygens (including phenoxy) is 1. The van der Waals surface area contributed by atoms with E-state index in [-0.39, 0.29) is 28.5 Å². The fourth-order valence-corrected chi connectivity index (χ4v) is 5.29. The number of hydrogen-bond donors (Lipinski definition) is 1. The van der Waals surface area contributed by atoms with Crippen LogP contribution in [0.1, 0.15) is 95.3 Å². The van der Waals surface area contributed by atoms with E-state index in [0.717, 1.165) is 57.1 Å². The lowest BCUT2D eigenvalue weighted by molar-refractivity contribution is -0.121. The zero-order valence-electron chi connectivity index (χ0n) is 24.1. The van der Waals surface area contributed by atoms with Gasteiger partial charge in [-0.25, -0.2) is 4.79 Å². The van der Waals surface area contributed by atoms with E-state index in [9.17, 15) is 14.7 Å². The molecule has 1 rings (SSSR count). The van der Waals surface area contributed by atoms with Crippen LogP contribution in [0.25, 0.3) is 0 Å². The lowest BCUT2D eigenvalue weighted by atomic mass is 9.94. The maximum absolute atomic E-state index is 13.1. The third kappa shape index (κ3) is 14.8. The maximum atomic E-state index is 13.1. The van der Waals surface area contributed by atoms with Gasteiger partial charge in [-0.05, 0) is 75.7 Å². The van der Waals surface area contributed by atoms with Crippen LogP contribution in [0.2, 0.25) is 0 Å². The number of carbonyl (C=O) groups is 2. The van der Waals surface area contributed by atoms with Crippen molar-refractivity contribution in [2.24, 2.45) is 0 Å². The number of esters is 1. The Bertz CT molecular complexity index is 967. The second kappa shape index (κ2) is 22.1. The lowest BCUT2D eigenvalue weighted by Gasteiger charge is -2.29. The predicted molar refractivity (Wildman–Crippen MR) is 167 cm³/mol. The molecule has 0 aliphatic rings. The van der Waals surface area contributed by atoms with Crippen LogP contribution in [0.5, 0.6) is 5.75 Å². The molecular formula is C34H48O4S. The molecule has 0 heterocycles. The Labute approximate surface area is 241 Å². The molecule has 214 valence electrons. The van der Waals surface area contributed by atoms with Crippen molar-refractivity contribution in [2.75, 3.05) is 12.4 Å². The first-order valence-corrected chi connectivity index (χ1v) is 15.4. The van der Waals surface area contributed by atoms with Crippen LogP contribution in [-0.4, -0.2) is 34.0 Å². The van der Waals surface area contributed by atoms with Crippen LogP contribution in [0.15, 0.2) is 85.0 Å². The Balaban J connectivity index is 2.26. The highest BCUT2D eigenvalue weighted by atomic mass is 32.2. The highest BCUT2D eigenvalue weighted by Crippen LogP contribution is 2.35. The molecule has 1 aromatic carbocycles. The molecule has 0 aliphatic carbocycles. The Morgan fingerprint density at radius 2 is 1.36 bits per heavy atom. The highest BCUT2D eigenvalue weighted by Gasteiger charge is 2.34. The molecule has 0 amide bonds. The summed E-state index contributed by atoms with van der Waals surface area (Å²) in [4.78, 5) is 25.2. The summed E-state index contributed by atoms with van der Waals surface area (Å²) in [5.41, 5.74) is 0.144. The van der Waals surface area contributed by atoms with E-state index in [4.69, 9.17) is 4.74 Å². The number of aromatic hydroxyl groups is 1. The number of hydrogen-bond acceptors (Lipinski definition) is 5. The first-order chi connectivity index (χ1) is 19.0. The van der Waals surface area contributed by atoms with Gasteiger partial charge in [0.15, 0.2) is 0 Å². The van der Waals surface area contributed by atoms with Crippen molar-refractivity contribution in [2.45, 2.75) is 89.7 Å². The maximum Gasteiger partial charge on any atom is 0.341 e. The van der Waals surface area contributed by atoms with Crippen molar-refractivity contribution < 1.29 is 19.4 Å². The quantitative estimate of drug-likeness (QED) is 0.0935. The summed E-state index contributed by atoms with van der Waals surface area (Å²) in [7, 11) is 0. The summed E-state index contributed by atoms with van der Waals surface area (Å²) in [6.07, 6.45) is 30.3. The topological polar surface area (TPSA) is 63.6 Å². The number of rotatable bonds is 21. The molecule has 4 nitrogen and oxygen atoms in total. The second-order valence-electron chi connectivity index (χ2n) is 9.23. The number of Topliss-reactive ketones (excluding diaryl/α,β-unsaturated/α-hetero) is 1. The van der Waals surface area contributed by atoms with Gasteiger partial charge in [0.05, 0.1) is 11.4 Å². The summed E-state index contributed by atoms with van der Waals surface area (Å²) in [6.45, 7) is 6.45. The summed E-state index contributed by atoms with van der Waals surface area (Å²) >= 11 is 1.75. The predicted octanol–water partition coefficient (Wildman–Crippen LogP) is 9.33. The van der Waals surface area contributed by atoms with E-state index in [0.29, 0.717) is 12.8 Å². The Hall–Kier alpha value is -2.79. The van der Waals surface area contributed by atoms with E-state index >= 15 is 0 Å². The minimum atomic E-state index is -0.566. The molecule has 0 bridgehead atoms. The van der Waals surface area contributed by atoms with Crippen molar-refractivity contribution in [3.05, 3.63) is 90.6 Å². The van der Waals surface area contributed by atoms with E-state index in [1.807, 2.05) is 0 Å². The van der Waals surface area contributed by atoms with E-state index in [1.54, 1.807) is 23.9 Å². The molecule has 0 atom stereocenters. The molecule has 0 aliphatic heterocycles. The summed E-state index contributed by atoms with van der Waals surface area (Å²) in [5, 5.41) is 9.77. The molecule has 0 aromatic heterocycles. The van der Waals surface area contributed by atoms with Gasteiger partial charge < -0.3 is 9.84 Å². The number of allylic oxidation sites excluding steroid dienone is 10. The number of carbonyl (C=O) groups excluding carboxylic acids is 2. The number of para-hydroxylation sites is 1. The van der Waals surface area contributed by atoms with E-state index < -0.39 is 5.97 Å². The lowest BCUT2D eigenvalue weighted by Crippen LogP contribution is -2.34. The van der Waals surface area contributed by atoms with Crippen molar-refractivity contribution in [1.82, 2.24) is 0 Å². The zero-order chi connectivity index (χ0) is 28.6. The highest BCUT2D eigenvalue weighted by molar-refractivity contribution is 8.01. The van der Waals surface area contributed by atoms with Gasteiger partial charge in [-0.1, -0.05) is 93.7 Å². The third-order valence-corrected chi connectivity index (χ3v) is 8.17. The number of phenols is 1. The van der Waals surface area contributed by atoms with Crippen LogP contribution >= 0.6 is 11.8 Å².